The highest BCUT2D eigenvalue weighted by Crippen LogP contribution is 2.30. The lowest BCUT2D eigenvalue weighted by Gasteiger charge is -2.08. The molecule has 1 amide bonds. The van der Waals surface area contributed by atoms with Gasteiger partial charge in [-0.2, -0.15) is 0 Å². The van der Waals surface area contributed by atoms with Gasteiger partial charge in [0.1, 0.15) is 0 Å². The van der Waals surface area contributed by atoms with Crippen LogP contribution in [0.5, 0.6) is 0 Å². The molecule has 2 aromatic carbocycles. The van der Waals surface area contributed by atoms with Gasteiger partial charge in [-0.1, -0.05) is 11.8 Å². The van der Waals surface area contributed by atoms with E-state index in [9.17, 15) is 13.2 Å². The molecule has 0 spiro atoms. The van der Waals surface area contributed by atoms with Crippen molar-refractivity contribution in [1.82, 2.24) is 10.3 Å². The molecule has 1 heterocycles. The summed E-state index contributed by atoms with van der Waals surface area (Å²) in [6.45, 7) is 0. The molecular formula is C16H15N3O3S3. The van der Waals surface area contributed by atoms with Crippen molar-refractivity contribution in [2.75, 3.05) is 18.0 Å². The molecule has 0 fully saturated rings. The van der Waals surface area contributed by atoms with Crippen molar-refractivity contribution in [3.8, 4) is 0 Å². The van der Waals surface area contributed by atoms with E-state index in [2.05, 4.69) is 15.0 Å². The van der Waals surface area contributed by atoms with Gasteiger partial charge >= 0.3 is 0 Å². The maximum atomic E-state index is 12.5. The quantitative estimate of drug-likeness (QED) is 0.650. The first-order valence-corrected chi connectivity index (χ1v) is 10.7. The smallest absolute Gasteiger partial charge is 0.261 e. The van der Waals surface area contributed by atoms with Crippen molar-refractivity contribution in [3.05, 3.63) is 48.0 Å². The number of thiazole rings is 1. The van der Waals surface area contributed by atoms with Crippen LogP contribution in [-0.4, -0.2) is 32.6 Å². The van der Waals surface area contributed by atoms with E-state index in [1.165, 1.54) is 42.6 Å². The van der Waals surface area contributed by atoms with E-state index in [-0.39, 0.29) is 10.8 Å². The van der Waals surface area contributed by atoms with E-state index in [0.29, 0.717) is 11.3 Å². The first-order chi connectivity index (χ1) is 11.9. The molecular weight excluding hydrogens is 378 g/mol. The van der Waals surface area contributed by atoms with Crippen molar-refractivity contribution >= 4 is 54.9 Å². The molecule has 0 aliphatic carbocycles. The minimum Gasteiger partial charge on any atom is -0.355 e. The number of fused-ring (bicyclic) bond motifs is 1. The van der Waals surface area contributed by atoms with Gasteiger partial charge in [0, 0.05) is 12.6 Å². The fraction of sp³-hybridized carbons (Fsp3) is 0.125. The number of benzene rings is 2. The maximum Gasteiger partial charge on any atom is 0.261 e. The highest BCUT2D eigenvalue weighted by Gasteiger charge is 2.16. The van der Waals surface area contributed by atoms with E-state index in [4.69, 9.17) is 0 Å². The Labute approximate surface area is 153 Å². The zero-order valence-electron chi connectivity index (χ0n) is 13.4. The Balaban J connectivity index is 1.86. The SMILES string of the molecule is CNC(=O)c1ccc(S(=O)(=O)Nc2ccc3nc(SC)sc3c2)cc1. The predicted octanol–water partition coefficient (Wildman–Crippen LogP) is 3.18. The van der Waals surface area contributed by atoms with E-state index < -0.39 is 10.0 Å². The number of rotatable bonds is 5. The van der Waals surface area contributed by atoms with Gasteiger partial charge in [-0.25, -0.2) is 13.4 Å². The number of carbonyl (C=O) groups excluding carboxylic acids is 1. The Kier molecular flexibility index (Phi) is 4.98. The van der Waals surface area contributed by atoms with Crippen LogP contribution < -0.4 is 10.0 Å². The lowest BCUT2D eigenvalue weighted by atomic mass is 10.2. The first-order valence-electron chi connectivity index (χ1n) is 7.22. The molecule has 0 bridgehead atoms. The summed E-state index contributed by atoms with van der Waals surface area (Å²) in [6.07, 6.45) is 1.95. The van der Waals surface area contributed by atoms with Crippen molar-refractivity contribution < 1.29 is 13.2 Å². The second-order valence-corrected chi connectivity index (χ2v) is 8.84. The number of hydrogen-bond donors (Lipinski definition) is 2. The van der Waals surface area contributed by atoms with Crippen LogP contribution in [0.1, 0.15) is 10.4 Å². The molecule has 0 saturated heterocycles. The van der Waals surface area contributed by atoms with Gasteiger partial charge in [-0.15, -0.1) is 11.3 Å². The molecule has 9 heteroatoms. The van der Waals surface area contributed by atoms with Gasteiger partial charge in [-0.3, -0.25) is 9.52 Å². The minimum atomic E-state index is -3.73. The van der Waals surface area contributed by atoms with Crippen LogP contribution in [0.3, 0.4) is 0 Å². The van der Waals surface area contributed by atoms with Crippen molar-refractivity contribution in [2.24, 2.45) is 0 Å². The van der Waals surface area contributed by atoms with Crippen LogP contribution in [0.15, 0.2) is 51.7 Å². The third kappa shape index (κ3) is 3.78. The molecule has 0 aliphatic rings. The molecule has 0 atom stereocenters. The number of amides is 1. The van der Waals surface area contributed by atoms with Crippen molar-refractivity contribution in [1.29, 1.82) is 0 Å². The second kappa shape index (κ2) is 7.03. The lowest BCUT2D eigenvalue weighted by Crippen LogP contribution is -2.18. The Morgan fingerprint density at radius 2 is 1.88 bits per heavy atom. The molecule has 0 aliphatic heterocycles. The fourth-order valence-corrected chi connectivity index (χ4v) is 4.78. The number of aromatic nitrogens is 1. The first kappa shape index (κ1) is 17.7. The molecule has 130 valence electrons. The van der Waals surface area contributed by atoms with Crippen molar-refractivity contribution in [2.45, 2.75) is 9.24 Å². The summed E-state index contributed by atoms with van der Waals surface area (Å²) in [5.41, 5.74) is 1.71. The summed E-state index contributed by atoms with van der Waals surface area (Å²) in [6, 6.07) is 11.0. The molecule has 1 aromatic heterocycles. The number of sulfonamides is 1. The third-order valence-electron chi connectivity index (χ3n) is 3.45. The zero-order valence-corrected chi connectivity index (χ0v) is 15.9. The van der Waals surface area contributed by atoms with E-state index in [1.54, 1.807) is 30.0 Å². The highest BCUT2D eigenvalue weighted by molar-refractivity contribution is 8.00. The normalized spacial score (nSPS) is 11.4. The number of thioether (sulfide) groups is 1. The molecule has 2 N–H and O–H groups in total. The van der Waals surface area contributed by atoms with Gasteiger partial charge in [0.25, 0.3) is 15.9 Å². The molecule has 6 nitrogen and oxygen atoms in total. The molecule has 3 aromatic rings. The molecule has 0 saturated carbocycles. The lowest BCUT2D eigenvalue weighted by molar-refractivity contribution is 0.0963. The minimum absolute atomic E-state index is 0.0920. The summed E-state index contributed by atoms with van der Waals surface area (Å²) in [5.74, 6) is -0.267. The van der Waals surface area contributed by atoms with Crippen LogP contribution in [-0.2, 0) is 10.0 Å². The Bertz CT molecular complexity index is 1030. The monoisotopic (exact) mass is 393 g/mol. The average molecular weight is 394 g/mol. The molecule has 3 rings (SSSR count). The number of nitrogens with one attached hydrogen (secondary N) is 2. The predicted molar refractivity (Wildman–Crippen MR) is 102 cm³/mol. The molecule has 0 unspecified atom stereocenters. The van der Waals surface area contributed by atoms with Gasteiger partial charge in [0.05, 0.1) is 20.8 Å². The van der Waals surface area contributed by atoms with Crippen LogP contribution in [0, 0.1) is 0 Å². The van der Waals surface area contributed by atoms with E-state index >= 15 is 0 Å². The molecule has 25 heavy (non-hydrogen) atoms. The fourth-order valence-electron chi connectivity index (χ4n) is 2.20. The number of anilines is 1. The number of nitrogens with zero attached hydrogens (tertiary/aromatic N) is 1. The highest BCUT2D eigenvalue weighted by atomic mass is 32.2. The van der Waals surface area contributed by atoms with Crippen molar-refractivity contribution in [3.63, 3.8) is 0 Å². The van der Waals surface area contributed by atoms with Crippen LogP contribution in [0.4, 0.5) is 5.69 Å². The van der Waals surface area contributed by atoms with Crippen LogP contribution in [0.2, 0.25) is 0 Å². The summed E-state index contributed by atoms with van der Waals surface area (Å²) in [7, 11) is -2.21. The third-order valence-corrected chi connectivity index (χ3v) is 6.85. The largest absolute Gasteiger partial charge is 0.355 e. The van der Waals surface area contributed by atoms with E-state index in [0.717, 1.165) is 14.6 Å². The topological polar surface area (TPSA) is 88.2 Å². The summed E-state index contributed by atoms with van der Waals surface area (Å²) >= 11 is 3.07. The van der Waals surface area contributed by atoms with Crippen LogP contribution in [0.25, 0.3) is 10.2 Å². The Morgan fingerprint density at radius 3 is 2.52 bits per heavy atom. The standard InChI is InChI=1S/C16H15N3O3S3/c1-17-15(20)10-3-6-12(7-4-10)25(21,22)19-11-5-8-13-14(9-11)24-16(18-13)23-2/h3-9,19H,1-2H3,(H,17,20). The summed E-state index contributed by atoms with van der Waals surface area (Å²) in [5, 5.41) is 2.49. The summed E-state index contributed by atoms with van der Waals surface area (Å²) in [4.78, 5) is 16.1. The Morgan fingerprint density at radius 1 is 1.16 bits per heavy atom. The van der Waals surface area contributed by atoms with Gasteiger partial charge < -0.3 is 5.32 Å². The summed E-state index contributed by atoms with van der Waals surface area (Å²) < 4.78 is 29.5. The number of hydrogen-bond acceptors (Lipinski definition) is 6. The molecule has 0 radical (unpaired) electrons. The van der Waals surface area contributed by atoms with Gasteiger partial charge in [0.2, 0.25) is 0 Å². The van der Waals surface area contributed by atoms with Gasteiger partial charge in [0.15, 0.2) is 4.34 Å². The van der Waals surface area contributed by atoms with Gasteiger partial charge in [-0.05, 0) is 48.7 Å². The van der Waals surface area contributed by atoms with Crippen LogP contribution >= 0.6 is 23.1 Å². The average Bonchev–Trinajstić information content (AvgIpc) is 3.03. The zero-order chi connectivity index (χ0) is 18.0. The Hall–Kier alpha value is -2.10. The maximum absolute atomic E-state index is 12.5. The second-order valence-electron chi connectivity index (χ2n) is 5.08. The van der Waals surface area contributed by atoms with E-state index in [1.807, 2.05) is 6.26 Å². The number of carbonyl (C=O) groups is 1.